The summed E-state index contributed by atoms with van der Waals surface area (Å²) in [4.78, 5) is 26.5. The summed E-state index contributed by atoms with van der Waals surface area (Å²) in [5.74, 6) is 1.99. The zero-order valence-corrected chi connectivity index (χ0v) is 25.5. The lowest BCUT2D eigenvalue weighted by molar-refractivity contribution is 0.310. The van der Waals surface area contributed by atoms with E-state index in [0.717, 1.165) is 22.6 Å². The van der Waals surface area contributed by atoms with Crippen LogP contribution in [0.2, 0.25) is 5.02 Å². The Morgan fingerprint density at radius 1 is 0.543 bits per heavy atom. The van der Waals surface area contributed by atoms with Gasteiger partial charge in [-0.25, -0.2) is 0 Å². The van der Waals surface area contributed by atoms with Gasteiger partial charge in [-0.2, -0.15) is 29.9 Å². The summed E-state index contributed by atoms with van der Waals surface area (Å²) in [6.45, 7) is 1.01. The van der Waals surface area contributed by atoms with Gasteiger partial charge in [0, 0.05) is 47.4 Å². The molecule has 0 fully saturated rings. The lowest BCUT2D eigenvalue weighted by atomic mass is 10.1. The second kappa shape index (κ2) is 16.0. The molecular formula is C30H34ClN13O2. The number of hydrogen-bond donors (Lipinski definition) is 9. The monoisotopic (exact) mass is 643 g/mol. The summed E-state index contributed by atoms with van der Waals surface area (Å²) in [5, 5.41) is 37.7. The van der Waals surface area contributed by atoms with Crippen molar-refractivity contribution in [2.24, 2.45) is 0 Å². The Morgan fingerprint density at radius 3 is 1.52 bits per heavy atom. The second-order valence-corrected chi connectivity index (χ2v) is 10.2. The third-order valence-corrected chi connectivity index (χ3v) is 6.46. The van der Waals surface area contributed by atoms with Crippen LogP contribution in [-0.4, -0.2) is 73.0 Å². The molecular weight excluding hydrogens is 610 g/mol. The van der Waals surface area contributed by atoms with Crippen molar-refractivity contribution >= 4 is 70.0 Å². The number of nitrogens with two attached hydrogens (primary N) is 1. The number of nitrogens with zero attached hydrogens (tertiary/aromatic N) is 6. The zero-order valence-electron chi connectivity index (χ0n) is 24.7. The van der Waals surface area contributed by atoms with E-state index >= 15 is 0 Å². The highest BCUT2D eigenvalue weighted by atomic mass is 35.5. The molecule has 5 aromatic rings. The Hall–Kier alpha value is -5.51. The third-order valence-electron chi connectivity index (χ3n) is 6.21. The molecule has 0 saturated heterocycles. The molecule has 15 nitrogen and oxygen atoms in total. The highest BCUT2D eigenvalue weighted by Gasteiger charge is 2.10. The number of benzene rings is 3. The van der Waals surface area contributed by atoms with Gasteiger partial charge in [-0.3, -0.25) is 0 Å². The number of aliphatic hydroxyl groups excluding tert-OH is 2. The van der Waals surface area contributed by atoms with Gasteiger partial charge in [0.1, 0.15) is 0 Å². The van der Waals surface area contributed by atoms with Crippen LogP contribution < -0.4 is 37.6 Å². The van der Waals surface area contributed by atoms with Gasteiger partial charge < -0.3 is 47.8 Å². The molecule has 0 amide bonds. The first kappa shape index (κ1) is 31.9. The maximum Gasteiger partial charge on any atom is 0.233 e. The van der Waals surface area contributed by atoms with E-state index in [-0.39, 0.29) is 19.8 Å². The maximum absolute atomic E-state index is 9.22. The summed E-state index contributed by atoms with van der Waals surface area (Å²) < 4.78 is 0. The Balaban J connectivity index is 1.21. The number of rotatable bonds is 16. The summed E-state index contributed by atoms with van der Waals surface area (Å²) in [5.41, 5.74) is 9.86. The number of aromatic nitrogens is 6. The van der Waals surface area contributed by atoms with Crippen molar-refractivity contribution in [1.29, 1.82) is 0 Å². The summed E-state index contributed by atoms with van der Waals surface area (Å²) in [6.07, 6.45) is 0.694. The van der Waals surface area contributed by atoms with Gasteiger partial charge in [-0.05, 0) is 66.6 Å². The predicted molar refractivity (Wildman–Crippen MR) is 182 cm³/mol. The van der Waals surface area contributed by atoms with Crippen LogP contribution in [0.4, 0.5) is 58.4 Å². The Kier molecular flexibility index (Phi) is 11.1. The fraction of sp³-hybridized carbons (Fsp3) is 0.200. The molecule has 5 rings (SSSR count). The summed E-state index contributed by atoms with van der Waals surface area (Å²) in [7, 11) is 0. The maximum atomic E-state index is 9.22. The second-order valence-electron chi connectivity index (χ2n) is 9.79. The molecule has 46 heavy (non-hydrogen) atoms. The molecule has 238 valence electrons. The van der Waals surface area contributed by atoms with Gasteiger partial charge in [-0.1, -0.05) is 29.8 Å². The van der Waals surface area contributed by atoms with Gasteiger partial charge >= 0.3 is 0 Å². The Bertz CT molecular complexity index is 1710. The van der Waals surface area contributed by atoms with E-state index in [4.69, 9.17) is 17.3 Å². The molecule has 10 N–H and O–H groups in total. The first-order valence-corrected chi connectivity index (χ1v) is 14.8. The molecule has 0 saturated carbocycles. The van der Waals surface area contributed by atoms with E-state index < -0.39 is 0 Å². The van der Waals surface area contributed by atoms with E-state index in [1.165, 1.54) is 0 Å². The number of anilines is 10. The third kappa shape index (κ3) is 9.75. The lowest BCUT2D eigenvalue weighted by Crippen LogP contribution is -2.14. The van der Waals surface area contributed by atoms with Crippen LogP contribution >= 0.6 is 11.6 Å². The van der Waals surface area contributed by atoms with Crippen molar-refractivity contribution in [2.45, 2.75) is 6.42 Å². The molecule has 2 heterocycles. The van der Waals surface area contributed by atoms with Gasteiger partial charge in [-0.15, -0.1) is 0 Å². The molecule has 0 bridgehead atoms. The minimum Gasteiger partial charge on any atom is -0.399 e. The van der Waals surface area contributed by atoms with E-state index in [2.05, 4.69) is 61.8 Å². The van der Waals surface area contributed by atoms with Crippen LogP contribution in [-0.2, 0) is 6.42 Å². The molecule has 0 radical (unpaired) electrons. The molecule has 0 aliphatic carbocycles. The van der Waals surface area contributed by atoms with Crippen molar-refractivity contribution in [3.05, 3.63) is 83.4 Å². The zero-order chi connectivity index (χ0) is 32.1. The van der Waals surface area contributed by atoms with Gasteiger partial charge in [0.2, 0.25) is 35.7 Å². The minimum atomic E-state index is -0.0684. The number of halogens is 1. The van der Waals surface area contributed by atoms with Crippen molar-refractivity contribution < 1.29 is 10.2 Å². The van der Waals surface area contributed by atoms with Crippen molar-refractivity contribution in [3.8, 4) is 0 Å². The molecule has 0 aliphatic heterocycles. The normalized spacial score (nSPS) is 10.7. The number of nitrogen functional groups attached to an aromatic ring is 1. The van der Waals surface area contributed by atoms with Crippen molar-refractivity contribution in [1.82, 2.24) is 29.9 Å². The summed E-state index contributed by atoms with van der Waals surface area (Å²) >= 11 is 6.00. The highest BCUT2D eigenvalue weighted by Crippen LogP contribution is 2.21. The smallest absolute Gasteiger partial charge is 0.233 e. The van der Waals surface area contributed by atoms with Crippen LogP contribution in [0.1, 0.15) is 5.56 Å². The molecule has 0 atom stereocenters. The average Bonchev–Trinajstić information content (AvgIpc) is 3.05. The van der Waals surface area contributed by atoms with E-state index in [9.17, 15) is 10.2 Å². The van der Waals surface area contributed by atoms with E-state index in [0.29, 0.717) is 65.9 Å². The van der Waals surface area contributed by atoms with Crippen molar-refractivity contribution in [3.63, 3.8) is 0 Å². The molecule has 2 aromatic heterocycles. The fourth-order valence-corrected chi connectivity index (χ4v) is 4.23. The molecule has 0 aliphatic rings. The topological polar surface area (TPSA) is 216 Å². The SMILES string of the molecule is Nc1cccc(Nc2nc(NCCO)nc(NCCc3ccc(Nc4nc(NCCO)nc(Nc5ccc(Cl)cc5)n4)cc3)n2)c1. The minimum absolute atomic E-state index is 0.0617. The highest BCUT2D eigenvalue weighted by molar-refractivity contribution is 6.30. The first-order chi connectivity index (χ1) is 22.4. The van der Waals surface area contributed by atoms with Crippen LogP contribution in [0.3, 0.4) is 0 Å². The molecule has 16 heteroatoms. The van der Waals surface area contributed by atoms with Gasteiger partial charge in [0.25, 0.3) is 0 Å². The van der Waals surface area contributed by atoms with Crippen LogP contribution in [0.5, 0.6) is 0 Å². The largest absolute Gasteiger partial charge is 0.399 e. The number of hydrogen-bond acceptors (Lipinski definition) is 15. The molecule has 0 unspecified atom stereocenters. The van der Waals surface area contributed by atoms with E-state index in [1.54, 1.807) is 24.3 Å². The van der Waals surface area contributed by atoms with E-state index in [1.807, 2.05) is 48.5 Å². The lowest BCUT2D eigenvalue weighted by Gasteiger charge is -2.12. The molecule has 3 aromatic carbocycles. The number of nitrogens with one attached hydrogen (secondary N) is 6. The van der Waals surface area contributed by atoms with Gasteiger partial charge in [0.05, 0.1) is 13.2 Å². The van der Waals surface area contributed by atoms with Crippen LogP contribution in [0, 0.1) is 0 Å². The standard InChI is InChI=1S/C30H34ClN13O2/c31-20-6-10-23(11-7-20)37-29-43-27(35-15-17-46)42-28(44-29)36-22-8-4-19(5-9-22)12-13-33-25-39-26(34-14-16-45)41-30(40-25)38-24-3-1-2-21(32)18-24/h1-11,18,45-46H,12-17,32H2,(H3,33,34,38,39,40,41)(H3,35,36,37,42,43,44). The predicted octanol–water partition coefficient (Wildman–Crippen LogP) is 3.99. The molecule has 0 spiro atoms. The van der Waals surface area contributed by atoms with Crippen molar-refractivity contribution in [2.75, 3.05) is 70.5 Å². The Labute approximate surface area is 270 Å². The van der Waals surface area contributed by atoms with Gasteiger partial charge in [0.15, 0.2) is 0 Å². The summed E-state index contributed by atoms with van der Waals surface area (Å²) in [6, 6.07) is 22.3. The number of aliphatic hydroxyl groups is 2. The quantitative estimate of drug-likeness (QED) is 0.0695. The first-order valence-electron chi connectivity index (χ1n) is 14.4. The van der Waals surface area contributed by atoms with Crippen LogP contribution in [0.25, 0.3) is 0 Å². The fourth-order valence-electron chi connectivity index (χ4n) is 4.10. The van der Waals surface area contributed by atoms with Crippen LogP contribution in [0.15, 0.2) is 72.8 Å². The Morgan fingerprint density at radius 2 is 1.00 bits per heavy atom. The average molecular weight is 644 g/mol.